The van der Waals surface area contributed by atoms with Crippen molar-refractivity contribution in [2.24, 2.45) is 0 Å². The maximum atomic E-state index is 13.3. The monoisotopic (exact) mass is 449 g/mol. The summed E-state index contributed by atoms with van der Waals surface area (Å²) in [5, 5.41) is 2.54. The lowest BCUT2D eigenvalue weighted by Gasteiger charge is -2.27. The van der Waals surface area contributed by atoms with Crippen LogP contribution in [0.5, 0.6) is 0 Å². The van der Waals surface area contributed by atoms with Gasteiger partial charge in [0.25, 0.3) is 5.91 Å². The molecule has 32 heavy (non-hydrogen) atoms. The number of benzene rings is 1. The number of alkyl halides is 3. The molecule has 0 saturated carbocycles. The first kappa shape index (κ1) is 24.0. The number of halogens is 3. The molecule has 1 N–H and O–H groups in total. The number of nitrogens with zero attached hydrogens (tertiary/aromatic N) is 2. The molecule has 1 amide bonds. The molecule has 1 aromatic carbocycles. The second kappa shape index (κ2) is 9.90. The van der Waals surface area contributed by atoms with Crippen LogP contribution in [0, 0.1) is 6.92 Å². The van der Waals surface area contributed by atoms with Crippen molar-refractivity contribution in [3.8, 4) is 0 Å². The lowest BCUT2D eigenvalue weighted by molar-refractivity contribution is -0.138. The highest BCUT2D eigenvalue weighted by atomic mass is 19.4. The van der Waals surface area contributed by atoms with Crippen LogP contribution in [0.4, 0.5) is 13.2 Å². The average Bonchev–Trinajstić information content (AvgIpc) is 3.20. The van der Waals surface area contributed by atoms with Crippen LogP contribution in [-0.2, 0) is 25.7 Å². The van der Waals surface area contributed by atoms with Crippen LogP contribution in [0.2, 0.25) is 0 Å². The Morgan fingerprint density at radius 1 is 1.22 bits per heavy atom. The van der Waals surface area contributed by atoms with E-state index in [0.29, 0.717) is 24.7 Å². The zero-order chi connectivity index (χ0) is 23.5. The molecule has 2 aromatic rings. The number of rotatable bonds is 7. The van der Waals surface area contributed by atoms with Gasteiger partial charge < -0.3 is 9.88 Å². The van der Waals surface area contributed by atoms with Crippen LogP contribution < -0.4 is 10.7 Å². The quantitative estimate of drug-likeness (QED) is 0.691. The van der Waals surface area contributed by atoms with Gasteiger partial charge in [-0.05, 0) is 50.9 Å². The maximum Gasteiger partial charge on any atom is 0.416 e. The Hall–Kier alpha value is -2.61. The molecule has 1 aliphatic rings. The summed E-state index contributed by atoms with van der Waals surface area (Å²) in [4.78, 5) is 28.1. The maximum absolute atomic E-state index is 13.3. The van der Waals surface area contributed by atoms with Crippen molar-refractivity contribution in [1.29, 1.82) is 0 Å². The number of hydrogen-bond acceptors (Lipinski definition) is 3. The fourth-order valence-electron chi connectivity index (χ4n) is 4.64. The molecule has 1 fully saturated rings. The van der Waals surface area contributed by atoms with E-state index in [0.717, 1.165) is 37.7 Å². The van der Waals surface area contributed by atoms with Gasteiger partial charge >= 0.3 is 6.18 Å². The van der Waals surface area contributed by atoms with Crippen LogP contribution in [-0.4, -0.2) is 34.5 Å². The molecule has 0 bridgehead atoms. The molecule has 0 spiro atoms. The molecule has 1 saturated heterocycles. The number of likely N-dealkylation sites (tertiary alicyclic amines) is 1. The summed E-state index contributed by atoms with van der Waals surface area (Å²) in [6, 6.07) is 6.90. The van der Waals surface area contributed by atoms with Gasteiger partial charge in [0.15, 0.2) is 5.43 Å². The standard InChI is InChI=1S/C24H30F3N3O2/c1-4-20-22(23(32)28-14-17-9-6-7-11-19(17)24(25,26)27)21(31)13-16(3)30(20)15-18-10-8-12-29(18)5-2/h6-7,9,11,13,18H,4-5,8,10,12,14-15H2,1-3H3,(H,28,32). The number of likely N-dealkylation sites (N-methyl/N-ethyl adjacent to an activating group) is 1. The van der Waals surface area contributed by atoms with Gasteiger partial charge in [0.05, 0.1) is 5.56 Å². The minimum Gasteiger partial charge on any atom is -0.348 e. The molecule has 8 heteroatoms. The Kier molecular flexibility index (Phi) is 7.44. The third-order valence-electron chi connectivity index (χ3n) is 6.25. The summed E-state index contributed by atoms with van der Waals surface area (Å²) in [6.45, 7) is 8.21. The van der Waals surface area contributed by atoms with Gasteiger partial charge in [-0.25, -0.2) is 0 Å². The minimum absolute atomic E-state index is 0.0173. The molecule has 5 nitrogen and oxygen atoms in total. The van der Waals surface area contributed by atoms with Crippen LogP contribution in [0.15, 0.2) is 35.1 Å². The first-order chi connectivity index (χ1) is 15.2. The second-order valence-corrected chi connectivity index (χ2v) is 8.20. The van der Waals surface area contributed by atoms with Crippen molar-refractivity contribution in [1.82, 2.24) is 14.8 Å². The van der Waals surface area contributed by atoms with Crippen molar-refractivity contribution >= 4 is 5.91 Å². The third kappa shape index (κ3) is 5.06. The Bertz CT molecular complexity index is 1030. The van der Waals surface area contributed by atoms with E-state index in [2.05, 4.69) is 17.1 Å². The minimum atomic E-state index is -4.51. The van der Waals surface area contributed by atoms with E-state index in [1.807, 2.05) is 18.4 Å². The number of hydrogen-bond donors (Lipinski definition) is 1. The van der Waals surface area contributed by atoms with Gasteiger partial charge in [-0.1, -0.05) is 32.0 Å². The zero-order valence-electron chi connectivity index (χ0n) is 18.8. The lowest BCUT2D eigenvalue weighted by Crippen LogP contribution is -2.37. The van der Waals surface area contributed by atoms with Crippen molar-refractivity contribution in [3.05, 3.63) is 68.6 Å². The Labute approximate surface area is 186 Å². The van der Waals surface area contributed by atoms with Crippen LogP contribution in [0.1, 0.15) is 59.6 Å². The smallest absolute Gasteiger partial charge is 0.348 e. The summed E-state index contributed by atoms with van der Waals surface area (Å²) in [7, 11) is 0. The first-order valence-electron chi connectivity index (χ1n) is 11.1. The molecule has 1 unspecified atom stereocenters. The topological polar surface area (TPSA) is 54.3 Å². The molecule has 2 heterocycles. The third-order valence-corrected chi connectivity index (χ3v) is 6.25. The molecule has 1 aromatic heterocycles. The molecule has 174 valence electrons. The number of aryl methyl sites for hydroxylation is 1. The Balaban J connectivity index is 1.89. The molecule has 0 radical (unpaired) electrons. The number of carbonyl (C=O) groups excluding carboxylic acids is 1. The first-order valence-corrected chi connectivity index (χ1v) is 11.1. The lowest BCUT2D eigenvalue weighted by atomic mass is 10.1. The summed E-state index contributed by atoms with van der Waals surface area (Å²) >= 11 is 0. The van der Waals surface area contributed by atoms with E-state index in [-0.39, 0.29) is 17.7 Å². The predicted molar refractivity (Wildman–Crippen MR) is 118 cm³/mol. The number of carbonyl (C=O) groups is 1. The predicted octanol–water partition coefficient (Wildman–Crippen LogP) is 4.15. The fraction of sp³-hybridized carbons (Fsp3) is 0.500. The highest BCUT2D eigenvalue weighted by molar-refractivity contribution is 5.95. The van der Waals surface area contributed by atoms with Crippen LogP contribution >= 0.6 is 0 Å². The molecular weight excluding hydrogens is 419 g/mol. The molecule has 0 aliphatic carbocycles. The van der Waals surface area contributed by atoms with Gasteiger partial charge in [0.2, 0.25) is 0 Å². The van der Waals surface area contributed by atoms with Crippen molar-refractivity contribution in [3.63, 3.8) is 0 Å². The van der Waals surface area contributed by atoms with E-state index in [4.69, 9.17) is 0 Å². The molecule has 1 aliphatic heterocycles. The summed E-state index contributed by atoms with van der Waals surface area (Å²) in [5.74, 6) is -0.642. The van der Waals surface area contributed by atoms with Gasteiger partial charge in [-0.3, -0.25) is 14.5 Å². The Morgan fingerprint density at radius 3 is 2.59 bits per heavy atom. The summed E-state index contributed by atoms with van der Waals surface area (Å²) in [5.41, 5.74) is 0.189. The number of nitrogens with one attached hydrogen (secondary N) is 1. The largest absolute Gasteiger partial charge is 0.416 e. The fourth-order valence-corrected chi connectivity index (χ4v) is 4.64. The van der Waals surface area contributed by atoms with Crippen LogP contribution in [0.3, 0.4) is 0 Å². The van der Waals surface area contributed by atoms with Gasteiger partial charge in [-0.2, -0.15) is 13.2 Å². The normalized spacial score (nSPS) is 17.0. The number of amides is 1. The highest BCUT2D eigenvalue weighted by Crippen LogP contribution is 2.31. The number of pyridine rings is 1. The summed E-state index contributed by atoms with van der Waals surface area (Å²) in [6.07, 6.45) is -1.87. The Morgan fingerprint density at radius 2 is 1.94 bits per heavy atom. The van der Waals surface area contributed by atoms with E-state index >= 15 is 0 Å². The zero-order valence-corrected chi connectivity index (χ0v) is 18.8. The van der Waals surface area contributed by atoms with Gasteiger partial charge in [0, 0.05) is 36.6 Å². The second-order valence-electron chi connectivity index (χ2n) is 8.20. The average molecular weight is 450 g/mol. The highest BCUT2D eigenvalue weighted by Gasteiger charge is 2.33. The molecule has 3 rings (SSSR count). The van der Waals surface area contributed by atoms with E-state index in [9.17, 15) is 22.8 Å². The molecular formula is C24H30F3N3O2. The van der Waals surface area contributed by atoms with Gasteiger partial charge in [-0.15, -0.1) is 0 Å². The summed E-state index contributed by atoms with van der Waals surface area (Å²) < 4.78 is 41.8. The number of aromatic nitrogens is 1. The van der Waals surface area contributed by atoms with E-state index in [1.165, 1.54) is 24.3 Å². The van der Waals surface area contributed by atoms with E-state index < -0.39 is 23.1 Å². The SMILES string of the molecule is CCc1c(C(=O)NCc2ccccc2C(F)(F)F)c(=O)cc(C)n1CC1CCCN1CC. The molecule has 1 atom stereocenters. The van der Waals surface area contributed by atoms with E-state index in [1.54, 1.807) is 0 Å². The van der Waals surface area contributed by atoms with Crippen molar-refractivity contribution < 1.29 is 18.0 Å². The van der Waals surface area contributed by atoms with Crippen LogP contribution in [0.25, 0.3) is 0 Å². The van der Waals surface area contributed by atoms with Crippen molar-refractivity contribution in [2.45, 2.75) is 65.3 Å². The van der Waals surface area contributed by atoms with Gasteiger partial charge in [0.1, 0.15) is 5.56 Å². The van der Waals surface area contributed by atoms with Crippen molar-refractivity contribution in [2.75, 3.05) is 13.1 Å².